The maximum Gasteiger partial charge on any atom is 0.264 e. The van der Waals surface area contributed by atoms with Gasteiger partial charge in [0, 0.05) is 11.0 Å². The van der Waals surface area contributed by atoms with Gasteiger partial charge in [-0.1, -0.05) is 27.0 Å². The van der Waals surface area contributed by atoms with E-state index in [2.05, 4.69) is 37.4 Å². The lowest BCUT2D eigenvalue weighted by molar-refractivity contribution is 0.0961. The Kier molecular flexibility index (Phi) is 3.36. The van der Waals surface area contributed by atoms with Crippen molar-refractivity contribution in [2.24, 2.45) is 0 Å². The summed E-state index contributed by atoms with van der Waals surface area (Å²) < 4.78 is 4.30. The second-order valence-corrected chi connectivity index (χ2v) is 3.89. The first-order valence-electron chi connectivity index (χ1n) is 3.09. The molecule has 6 heteroatoms. The van der Waals surface area contributed by atoms with Crippen LogP contribution in [0.25, 0.3) is 0 Å². The Morgan fingerprint density at radius 3 is 3.08 bits per heavy atom. The summed E-state index contributed by atoms with van der Waals surface area (Å²) in [5.74, 6) is -0.175. The molecule has 0 aliphatic carbocycles. The van der Waals surface area contributed by atoms with E-state index in [0.29, 0.717) is 11.4 Å². The van der Waals surface area contributed by atoms with Crippen molar-refractivity contribution in [1.29, 1.82) is 0 Å². The molecule has 1 aromatic heterocycles. The Hall–Kier alpha value is -0.750. The van der Waals surface area contributed by atoms with Crippen LogP contribution in [-0.2, 0) is 0 Å². The van der Waals surface area contributed by atoms with E-state index >= 15 is 0 Å². The molecule has 0 atom stereocenters. The van der Waals surface area contributed by atoms with Gasteiger partial charge in [-0.15, -0.1) is 5.10 Å². The van der Waals surface area contributed by atoms with Gasteiger partial charge in [-0.05, 0) is 11.5 Å². The third kappa shape index (κ3) is 2.71. The van der Waals surface area contributed by atoms with Crippen molar-refractivity contribution in [2.45, 2.75) is 0 Å². The van der Waals surface area contributed by atoms with Crippen molar-refractivity contribution in [3.63, 3.8) is 0 Å². The van der Waals surface area contributed by atoms with E-state index in [4.69, 9.17) is 0 Å². The SMILES string of the molecule is C=C(Br)CNC(=O)c1cnns1. The Labute approximate surface area is 82.0 Å². The lowest BCUT2D eigenvalue weighted by Crippen LogP contribution is -2.23. The average molecular weight is 248 g/mol. The van der Waals surface area contributed by atoms with Crippen LogP contribution in [-0.4, -0.2) is 22.0 Å². The Morgan fingerprint density at radius 2 is 2.58 bits per heavy atom. The highest BCUT2D eigenvalue weighted by Gasteiger charge is 2.06. The standard InChI is InChI=1S/C6H6BrN3OS/c1-4(7)2-8-6(11)5-3-9-10-12-5/h3H,1-2H2,(H,8,11). The fourth-order valence-corrected chi connectivity index (χ4v) is 1.10. The Bertz CT molecular complexity index is 285. The predicted octanol–water partition coefficient (Wildman–Crippen LogP) is 1.18. The summed E-state index contributed by atoms with van der Waals surface area (Å²) in [6, 6.07) is 0. The molecule has 0 aromatic carbocycles. The van der Waals surface area contributed by atoms with Crippen LogP contribution >= 0.6 is 27.5 Å². The first-order chi connectivity index (χ1) is 5.70. The van der Waals surface area contributed by atoms with Crippen LogP contribution in [0.2, 0.25) is 0 Å². The van der Waals surface area contributed by atoms with Gasteiger partial charge in [0.2, 0.25) is 0 Å². The molecule has 64 valence electrons. The molecule has 0 aliphatic heterocycles. The van der Waals surface area contributed by atoms with Crippen molar-refractivity contribution in [3.8, 4) is 0 Å². The molecule has 4 nitrogen and oxygen atoms in total. The number of carbonyl (C=O) groups is 1. The molecule has 0 spiro atoms. The lowest BCUT2D eigenvalue weighted by Gasteiger charge is -1.99. The number of aromatic nitrogens is 2. The maximum absolute atomic E-state index is 11.2. The van der Waals surface area contributed by atoms with Crippen LogP contribution < -0.4 is 5.32 Å². The number of nitrogens with zero attached hydrogens (tertiary/aromatic N) is 2. The van der Waals surface area contributed by atoms with Gasteiger partial charge in [-0.3, -0.25) is 4.79 Å². The van der Waals surface area contributed by atoms with Gasteiger partial charge in [0.05, 0.1) is 6.20 Å². The summed E-state index contributed by atoms with van der Waals surface area (Å²) in [6.45, 7) is 4.00. The van der Waals surface area contributed by atoms with E-state index < -0.39 is 0 Å². The number of halogens is 1. The van der Waals surface area contributed by atoms with Crippen LogP contribution in [0.1, 0.15) is 9.67 Å². The minimum atomic E-state index is -0.175. The highest BCUT2D eigenvalue weighted by Crippen LogP contribution is 2.02. The second kappa shape index (κ2) is 4.32. The zero-order valence-corrected chi connectivity index (χ0v) is 8.48. The van der Waals surface area contributed by atoms with Crippen LogP contribution in [0, 0.1) is 0 Å². The summed E-state index contributed by atoms with van der Waals surface area (Å²) in [6.07, 6.45) is 1.43. The van der Waals surface area contributed by atoms with Crippen LogP contribution in [0.15, 0.2) is 17.3 Å². The van der Waals surface area contributed by atoms with Crippen molar-refractivity contribution in [3.05, 3.63) is 22.1 Å². The number of hydrogen-bond donors (Lipinski definition) is 1. The molecule has 1 rings (SSSR count). The molecule has 1 aromatic rings. The van der Waals surface area contributed by atoms with Gasteiger partial charge in [0.1, 0.15) is 4.88 Å². The molecule has 0 radical (unpaired) electrons. The fraction of sp³-hybridized carbons (Fsp3) is 0.167. The van der Waals surface area contributed by atoms with E-state index in [1.165, 1.54) is 6.20 Å². The maximum atomic E-state index is 11.2. The van der Waals surface area contributed by atoms with E-state index in [9.17, 15) is 4.79 Å². The zero-order valence-electron chi connectivity index (χ0n) is 6.08. The summed E-state index contributed by atoms with van der Waals surface area (Å²) in [4.78, 5) is 11.7. The fourth-order valence-electron chi connectivity index (χ4n) is 0.531. The van der Waals surface area contributed by atoms with Gasteiger partial charge in [0.25, 0.3) is 5.91 Å². The molecule has 0 aliphatic rings. The molecule has 0 unspecified atom stereocenters. The molecule has 12 heavy (non-hydrogen) atoms. The van der Waals surface area contributed by atoms with Gasteiger partial charge in [0.15, 0.2) is 0 Å². The van der Waals surface area contributed by atoms with E-state index in [1.54, 1.807) is 0 Å². The molecule has 1 heterocycles. The summed E-state index contributed by atoms with van der Waals surface area (Å²) in [5, 5.41) is 6.17. The van der Waals surface area contributed by atoms with E-state index in [-0.39, 0.29) is 5.91 Å². The summed E-state index contributed by atoms with van der Waals surface area (Å²) in [7, 11) is 0. The normalized spacial score (nSPS) is 9.42. The number of amides is 1. The molecule has 0 saturated heterocycles. The molecular weight excluding hydrogens is 242 g/mol. The molecule has 0 fully saturated rings. The highest BCUT2D eigenvalue weighted by atomic mass is 79.9. The third-order valence-electron chi connectivity index (χ3n) is 1.03. The number of rotatable bonds is 3. The predicted molar refractivity (Wildman–Crippen MR) is 50.3 cm³/mol. The largest absolute Gasteiger partial charge is 0.347 e. The Balaban J connectivity index is 2.45. The minimum Gasteiger partial charge on any atom is -0.347 e. The molecular formula is C6H6BrN3OS. The van der Waals surface area contributed by atoms with Crippen molar-refractivity contribution in [1.82, 2.24) is 14.9 Å². The quantitative estimate of drug-likeness (QED) is 0.873. The van der Waals surface area contributed by atoms with Crippen molar-refractivity contribution >= 4 is 33.4 Å². The number of nitrogens with one attached hydrogen (secondary N) is 1. The van der Waals surface area contributed by atoms with Gasteiger partial charge >= 0.3 is 0 Å². The number of hydrogen-bond acceptors (Lipinski definition) is 4. The smallest absolute Gasteiger partial charge is 0.264 e. The monoisotopic (exact) mass is 247 g/mol. The molecule has 1 amide bonds. The molecule has 0 saturated carbocycles. The van der Waals surface area contributed by atoms with E-state index in [0.717, 1.165) is 16.0 Å². The first-order valence-corrected chi connectivity index (χ1v) is 4.65. The van der Waals surface area contributed by atoms with Crippen molar-refractivity contribution < 1.29 is 4.79 Å². The number of carbonyl (C=O) groups excluding carboxylic acids is 1. The van der Waals surface area contributed by atoms with Gasteiger partial charge < -0.3 is 5.32 Å². The molecule has 1 N–H and O–H groups in total. The molecule has 0 bridgehead atoms. The average Bonchev–Trinajstić information content (AvgIpc) is 2.51. The first kappa shape index (κ1) is 9.34. The topological polar surface area (TPSA) is 54.9 Å². The second-order valence-electron chi connectivity index (χ2n) is 1.98. The van der Waals surface area contributed by atoms with Crippen LogP contribution in [0.3, 0.4) is 0 Å². The summed E-state index contributed by atoms with van der Waals surface area (Å²) in [5.41, 5.74) is 0. The third-order valence-corrected chi connectivity index (χ3v) is 1.97. The van der Waals surface area contributed by atoms with Gasteiger partial charge in [-0.2, -0.15) is 0 Å². The Morgan fingerprint density at radius 1 is 1.83 bits per heavy atom. The van der Waals surface area contributed by atoms with Gasteiger partial charge in [-0.25, -0.2) is 0 Å². The lowest BCUT2D eigenvalue weighted by atomic mass is 10.5. The minimum absolute atomic E-state index is 0.175. The highest BCUT2D eigenvalue weighted by molar-refractivity contribution is 9.11. The van der Waals surface area contributed by atoms with Crippen molar-refractivity contribution in [2.75, 3.05) is 6.54 Å². The van der Waals surface area contributed by atoms with E-state index in [1.807, 2.05) is 0 Å². The van der Waals surface area contributed by atoms with Crippen LogP contribution in [0.5, 0.6) is 0 Å². The van der Waals surface area contributed by atoms with Crippen LogP contribution in [0.4, 0.5) is 0 Å². The summed E-state index contributed by atoms with van der Waals surface area (Å²) >= 11 is 4.19. The zero-order chi connectivity index (χ0) is 8.97.